The van der Waals surface area contributed by atoms with E-state index in [-0.39, 0.29) is 28.2 Å². The maximum absolute atomic E-state index is 14.2. The number of rotatable bonds is 2. The molecule has 2 aromatic carbocycles. The Hall–Kier alpha value is -4.20. The molecule has 4 aromatic rings. The van der Waals surface area contributed by atoms with Crippen molar-refractivity contribution in [2.24, 2.45) is 10.8 Å². The van der Waals surface area contributed by atoms with E-state index in [2.05, 4.69) is 48.1 Å². The highest BCUT2D eigenvalue weighted by molar-refractivity contribution is 6.09. The van der Waals surface area contributed by atoms with Gasteiger partial charge in [0.25, 0.3) is 0 Å². The van der Waals surface area contributed by atoms with Crippen LogP contribution in [-0.2, 0) is 9.59 Å². The van der Waals surface area contributed by atoms with E-state index in [9.17, 15) is 14.0 Å². The summed E-state index contributed by atoms with van der Waals surface area (Å²) in [5.41, 5.74) is 5.33. The molecule has 0 bridgehead atoms. The average molecular weight is 536 g/mol. The largest absolute Gasteiger partial charge is 0.317 e. The number of allylic oxidation sites excluding steroid dienone is 4. The fourth-order valence-electron chi connectivity index (χ4n) is 6.95. The van der Waals surface area contributed by atoms with Gasteiger partial charge >= 0.3 is 0 Å². The quantitative estimate of drug-likeness (QED) is 0.299. The number of halogens is 1. The molecular formula is C32H30FN5O2. The Kier molecular flexibility index (Phi) is 5.21. The first-order valence-electron chi connectivity index (χ1n) is 13.7. The first-order chi connectivity index (χ1) is 19.0. The summed E-state index contributed by atoms with van der Waals surface area (Å²) >= 11 is 0. The van der Waals surface area contributed by atoms with E-state index in [1.807, 2.05) is 30.3 Å². The Morgan fingerprint density at radius 2 is 1.43 bits per heavy atom. The number of Topliss-reactive ketones (excluding diaryl/α,β-unsaturated/α-hetero) is 2. The Morgan fingerprint density at radius 3 is 2.05 bits per heavy atom. The highest BCUT2D eigenvalue weighted by Crippen LogP contribution is 2.56. The van der Waals surface area contributed by atoms with E-state index in [0.29, 0.717) is 42.5 Å². The zero-order chi connectivity index (χ0) is 28.0. The van der Waals surface area contributed by atoms with Gasteiger partial charge in [0.15, 0.2) is 17.2 Å². The number of fused-ring (bicyclic) bond motifs is 3. The zero-order valence-electron chi connectivity index (χ0n) is 23.0. The Bertz CT molecular complexity index is 1760. The number of pyridine rings is 1. The van der Waals surface area contributed by atoms with Crippen LogP contribution in [0.25, 0.3) is 16.6 Å². The third-order valence-electron chi connectivity index (χ3n) is 8.51. The van der Waals surface area contributed by atoms with Crippen LogP contribution in [0, 0.1) is 16.6 Å². The summed E-state index contributed by atoms with van der Waals surface area (Å²) in [6.45, 7) is 8.40. The number of para-hydroxylation sites is 1. The van der Waals surface area contributed by atoms with Gasteiger partial charge in [-0.05, 0) is 70.5 Å². The lowest BCUT2D eigenvalue weighted by Crippen LogP contribution is -2.44. The van der Waals surface area contributed by atoms with Crippen LogP contribution in [0.4, 0.5) is 10.1 Å². The average Bonchev–Trinajstić information content (AvgIpc) is 3.37. The van der Waals surface area contributed by atoms with Crippen molar-refractivity contribution in [3.05, 3.63) is 88.5 Å². The first kappa shape index (κ1) is 24.8. The van der Waals surface area contributed by atoms with Crippen molar-refractivity contribution in [2.45, 2.75) is 59.3 Å². The maximum atomic E-state index is 14.2. The number of benzene rings is 2. The summed E-state index contributed by atoms with van der Waals surface area (Å²) in [5.74, 6) is -0.885. The third-order valence-corrected chi connectivity index (χ3v) is 8.51. The monoisotopic (exact) mass is 535 g/mol. The van der Waals surface area contributed by atoms with Gasteiger partial charge in [-0.3, -0.25) is 9.59 Å². The fourth-order valence-corrected chi connectivity index (χ4v) is 6.95. The van der Waals surface area contributed by atoms with Crippen LogP contribution in [0.2, 0.25) is 0 Å². The molecule has 0 fully saturated rings. The van der Waals surface area contributed by atoms with Crippen LogP contribution in [0.3, 0.4) is 0 Å². The van der Waals surface area contributed by atoms with Gasteiger partial charge in [0, 0.05) is 57.9 Å². The lowest BCUT2D eigenvalue weighted by molar-refractivity contribution is -0.119. The van der Waals surface area contributed by atoms with Gasteiger partial charge < -0.3 is 4.90 Å². The summed E-state index contributed by atoms with van der Waals surface area (Å²) < 4.78 is 15.7. The number of tetrazole rings is 1. The molecule has 0 radical (unpaired) electrons. The summed E-state index contributed by atoms with van der Waals surface area (Å²) in [4.78, 5) is 30.4. The predicted octanol–water partition coefficient (Wildman–Crippen LogP) is 6.31. The highest BCUT2D eigenvalue weighted by atomic mass is 19.1. The minimum atomic E-state index is -0.591. The topological polar surface area (TPSA) is 80.5 Å². The molecule has 0 spiro atoms. The van der Waals surface area contributed by atoms with E-state index >= 15 is 0 Å². The molecule has 0 N–H and O–H groups in total. The van der Waals surface area contributed by atoms with Crippen molar-refractivity contribution in [3.63, 3.8) is 0 Å². The standard InChI is InChI=1S/C32H30FN5O2/c1-31(2)14-23-28(25(39)16-31)27(21-13-18-7-5-6-8-22(18)38-30(21)34-35-36-38)29-24(15-32(3,4)17-26(29)40)37(23)20-11-9-19(33)10-12-20/h5-13,27H,14-17H2,1-4H3. The van der Waals surface area contributed by atoms with E-state index in [1.165, 1.54) is 12.1 Å². The van der Waals surface area contributed by atoms with Crippen LogP contribution in [0.5, 0.6) is 0 Å². The minimum Gasteiger partial charge on any atom is -0.317 e. The normalized spacial score (nSPS) is 20.9. The van der Waals surface area contributed by atoms with Crippen LogP contribution in [-0.4, -0.2) is 31.6 Å². The van der Waals surface area contributed by atoms with Gasteiger partial charge in [-0.1, -0.05) is 45.9 Å². The highest BCUT2D eigenvalue weighted by Gasteiger charge is 2.50. The molecule has 3 aliphatic rings. The molecule has 0 atom stereocenters. The molecule has 8 heteroatoms. The van der Waals surface area contributed by atoms with Crippen molar-refractivity contribution in [3.8, 4) is 0 Å². The van der Waals surface area contributed by atoms with Gasteiger partial charge in [-0.15, -0.1) is 5.10 Å². The predicted molar refractivity (Wildman–Crippen MR) is 150 cm³/mol. The molecule has 3 heterocycles. The molecule has 2 aliphatic carbocycles. The molecule has 0 unspecified atom stereocenters. The summed E-state index contributed by atoms with van der Waals surface area (Å²) in [6, 6.07) is 16.2. The van der Waals surface area contributed by atoms with Gasteiger partial charge in [0.2, 0.25) is 0 Å². The zero-order valence-corrected chi connectivity index (χ0v) is 23.0. The number of hydrogen-bond donors (Lipinski definition) is 0. The molecule has 7 nitrogen and oxygen atoms in total. The molecule has 202 valence electrons. The molecule has 1 aliphatic heterocycles. The maximum Gasteiger partial charge on any atom is 0.184 e. The van der Waals surface area contributed by atoms with Crippen molar-refractivity contribution in [1.82, 2.24) is 20.0 Å². The fraction of sp³-hybridized carbons (Fsp3) is 0.344. The number of carbonyl (C=O) groups is 2. The minimum absolute atomic E-state index is 0.0197. The SMILES string of the molecule is CC1(C)CC(=O)C2=C(C1)N(c1ccc(F)cc1)C1=C(C(=O)CC(C)(C)C1)C2c1cc2ccccc2n2nnnc12. The van der Waals surface area contributed by atoms with Gasteiger partial charge in [-0.2, -0.15) is 4.52 Å². The summed E-state index contributed by atoms with van der Waals surface area (Å²) in [5, 5.41) is 13.6. The number of carbonyl (C=O) groups excluding carboxylic acids is 2. The van der Waals surface area contributed by atoms with Crippen molar-refractivity contribution in [2.75, 3.05) is 4.90 Å². The number of anilines is 1. The van der Waals surface area contributed by atoms with Gasteiger partial charge in [0.05, 0.1) is 5.52 Å². The van der Waals surface area contributed by atoms with Gasteiger partial charge in [-0.25, -0.2) is 4.39 Å². The first-order valence-corrected chi connectivity index (χ1v) is 13.7. The van der Waals surface area contributed by atoms with Crippen molar-refractivity contribution < 1.29 is 14.0 Å². The second-order valence-corrected chi connectivity index (χ2v) is 12.9. The smallest absolute Gasteiger partial charge is 0.184 e. The second-order valence-electron chi connectivity index (χ2n) is 12.9. The van der Waals surface area contributed by atoms with Crippen molar-refractivity contribution in [1.29, 1.82) is 0 Å². The molecule has 0 saturated carbocycles. The number of ketones is 2. The van der Waals surface area contributed by atoms with Crippen molar-refractivity contribution >= 4 is 33.8 Å². The number of aromatic nitrogens is 4. The lowest BCUT2D eigenvalue weighted by Gasteiger charge is -2.49. The van der Waals surface area contributed by atoms with Crippen LogP contribution < -0.4 is 4.90 Å². The summed E-state index contributed by atoms with van der Waals surface area (Å²) in [7, 11) is 0. The van der Waals surface area contributed by atoms with E-state index in [1.54, 1.807) is 16.6 Å². The Balaban J connectivity index is 1.59. The van der Waals surface area contributed by atoms with E-state index in [4.69, 9.17) is 0 Å². The van der Waals surface area contributed by atoms with Crippen LogP contribution in [0.1, 0.15) is 64.9 Å². The molecule has 2 aromatic heterocycles. The van der Waals surface area contributed by atoms with Crippen LogP contribution >= 0.6 is 0 Å². The second kappa shape index (κ2) is 8.40. The number of hydrogen-bond acceptors (Lipinski definition) is 6. The third kappa shape index (κ3) is 3.73. The Labute approximate surface area is 231 Å². The van der Waals surface area contributed by atoms with Gasteiger partial charge in [0.1, 0.15) is 5.82 Å². The van der Waals surface area contributed by atoms with E-state index in [0.717, 1.165) is 33.5 Å². The molecule has 0 saturated heterocycles. The lowest BCUT2D eigenvalue weighted by atomic mass is 9.63. The molecule has 7 rings (SSSR count). The molecule has 40 heavy (non-hydrogen) atoms. The summed E-state index contributed by atoms with van der Waals surface area (Å²) in [6.07, 6.45) is 2.03. The number of nitrogens with zero attached hydrogens (tertiary/aromatic N) is 5. The van der Waals surface area contributed by atoms with E-state index < -0.39 is 5.92 Å². The van der Waals surface area contributed by atoms with Crippen LogP contribution in [0.15, 0.2) is 77.1 Å². The molecule has 0 amide bonds. The Morgan fingerprint density at radius 1 is 0.825 bits per heavy atom. The molecular weight excluding hydrogens is 505 g/mol.